The molecule has 0 aromatic heterocycles. The van der Waals surface area contributed by atoms with Crippen molar-refractivity contribution in [3.8, 4) is 0 Å². The molecular formula is C22H29F2IN4O. The molecule has 1 aliphatic rings. The smallest absolute Gasteiger partial charge is 0.191 e. The third-order valence-electron chi connectivity index (χ3n) is 5.02. The number of hydrogen-bond donors (Lipinski definition) is 2. The van der Waals surface area contributed by atoms with Crippen LogP contribution in [-0.2, 0) is 11.2 Å². The Kier molecular flexibility index (Phi) is 10.5. The number of ether oxygens (including phenoxy) is 1. The van der Waals surface area contributed by atoms with Gasteiger partial charge in [0.1, 0.15) is 11.6 Å². The Balaban J connectivity index is 0.00000320. The van der Waals surface area contributed by atoms with Crippen LogP contribution in [0.15, 0.2) is 53.5 Å². The van der Waals surface area contributed by atoms with Gasteiger partial charge in [-0.3, -0.25) is 9.89 Å². The molecule has 2 aromatic carbocycles. The van der Waals surface area contributed by atoms with E-state index in [-0.39, 0.29) is 41.7 Å². The third kappa shape index (κ3) is 7.48. The number of benzene rings is 2. The molecule has 1 saturated heterocycles. The molecule has 1 fully saturated rings. The number of nitrogens with zero attached hydrogens (tertiary/aromatic N) is 2. The second-order valence-corrected chi connectivity index (χ2v) is 6.98. The molecule has 1 aliphatic heterocycles. The van der Waals surface area contributed by atoms with Gasteiger partial charge in [0.2, 0.25) is 0 Å². The Morgan fingerprint density at radius 2 is 1.80 bits per heavy atom. The maximum atomic E-state index is 13.4. The fourth-order valence-corrected chi connectivity index (χ4v) is 3.46. The number of halogens is 3. The molecule has 2 aromatic rings. The van der Waals surface area contributed by atoms with Crippen molar-refractivity contribution in [2.24, 2.45) is 4.99 Å². The Hall–Kier alpha value is -1.78. The Morgan fingerprint density at radius 1 is 1.07 bits per heavy atom. The molecule has 30 heavy (non-hydrogen) atoms. The quantitative estimate of drug-likeness (QED) is 0.328. The van der Waals surface area contributed by atoms with Crippen LogP contribution in [-0.4, -0.2) is 57.3 Å². The van der Waals surface area contributed by atoms with E-state index >= 15 is 0 Å². The average Bonchev–Trinajstić information content (AvgIpc) is 2.74. The van der Waals surface area contributed by atoms with E-state index in [1.54, 1.807) is 19.2 Å². The highest BCUT2D eigenvalue weighted by Crippen LogP contribution is 2.21. The maximum absolute atomic E-state index is 13.4. The highest BCUT2D eigenvalue weighted by molar-refractivity contribution is 14.0. The summed E-state index contributed by atoms with van der Waals surface area (Å²) in [4.78, 5) is 6.62. The molecule has 1 atom stereocenters. The molecule has 0 saturated carbocycles. The predicted octanol–water partition coefficient (Wildman–Crippen LogP) is 3.36. The SMILES string of the molecule is CN=C(NCCc1cccc(F)c1)NCC(c1ccc(F)cc1)N1CCOCC1.I. The van der Waals surface area contributed by atoms with Crippen molar-refractivity contribution in [1.29, 1.82) is 0 Å². The van der Waals surface area contributed by atoms with Crippen molar-refractivity contribution in [3.05, 3.63) is 71.3 Å². The minimum absolute atomic E-state index is 0. The van der Waals surface area contributed by atoms with Gasteiger partial charge in [-0.05, 0) is 41.8 Å². The summed E-state index contributed by atoms with van der Waals surface area (Å²) in [5.41, 5.74) is 1.99. The van der Waals surface area contributed by atoms with Gasteiger partial charge in [-0.15, -0.1) is 24.0 Å². The largest absolute Gasteiger partial charge is 0.379 e. The zero-order chi connectivity index (χ0) is 20.5. The first-order chi connectivity index (χ1) is 14.2. The van der Waals surface area contributed by atoms with Gasteiger partial charge in [0, 0.05) is 33.2 Å². The lowest BCUT2D eigenvalue weighted by molar-refractivity contribution is 0.0170. The molecule has 1 unspecified atom stereocenters. The van der Waals surface area contributed by atoms with Crippen LogP contribution in [0.5, 0.6) is 0 Å². The zero-order valence-electron chi connectivity index (χ0n) is 17.1. The third-order valence-corrected chi connectivity index (χ3v) is 5.02. The molecule has 164 valence electrons. The first kappa shape index (κ1) is 24.5. The number of aliphatic imine (C=N–C) groups is 1. The summed E-state index contributed by atoms with van der Waals surface area (Å²) in [6.07, 6.45) is 0.698. The highest BCUT2D eigenvalue weighted by atomic mass is 127. The van der Waals surface area contributed by atoms with Gasteiger partial charge in [-0.2, -0.15) is 0 Å². The summed E-state index contributed by atoms with van der Waals surface area (Å²) in [6.45, 7) is 4.31. The normalized spacial score (nSPS) is 15.9. The molecule has 0 spiro atoms. The lowest BCUT2D eigenvalue weighted by Crippen LogP contribution is -2.46. The fourth-order valence-electron chi connectivity index (χ4n) is 3.46. The molecular weight excluding hydrogens is 501 g/mol. The predicted molar refractivity (Wildman–Crippen MR) is 126 cm³/mol. The summed E-state index contributed by atoms with van der Waals surface area (Å²) in [5, 5.41) is 6.64. The van der Waals surface area contributed by atoms with E-state index in [1.807, 2.05) is 18.2 Å². The summed E-state index contributed by atoms with van der Waals surface area (Å²) < 4.78 is 32.1. The van der Waals surface area contributed by atoms with Gasteiger partial charge in [0.25, 0.3) is 0 Å². The summed E-state index contributed by atoms with van der Waals surface area (Å²) in [5.74, 6) is 0.219. The first-order valence-corrected chi connectivity index (χ1v) is 9.92. The molecule has 5 nitrogen and oxygen atoms in total. The molecule has 3 rings (SSSR count). The number of rotatable bonds is 7. The van der Waals surface area contributed by atoms with E-state index in [0.717, 1.165) is 24.2 Å². The number of nitrogens with one attached hydrogen (secondary N) is 2. The van der Waals surface area contributed by atoms with Gasteiger partial charge < -0.3 is 15.4 Å². The second kappa shape index (κ2) is 12.8. The van der Waals surface area contributed by atoms with Crippen LogP contribution in [0.4, 0.5) is 8.78 Å². The van der Waals surface area contributed by atoms with Crippen LogP contribution in [0.3, 0.4) is 0 Å². The van der Waals surface area contributed by atoms with Crippen molar-refractivity contribution >= 4 is 29.9 Å². The van der Waals surface area contributed by atoms with Crippen molar-refractivity contribution in [2.75, 3.05) is 46.4 Å². The molecule has 0 radical (unpaired) electrons. The van der Waals surface area contributed by atoms with Crippen LogP contribution in [0.25, 0.3) is 0 Å². The topological polar surface area (TPSA) is 48.9 Å². The second-order valence-electron chi connectivity index (χ2n) is 6.98. The Morgan fingerprint density at radius 3 is 2.47 bits per heavy atom. The number of hydrogen-bond acceptors (Lipinski definition) is 3. The molecule has 0 bridgehead atoms. The summed E-state index contributed by atoms with van der Waals surface area (Å²) in [7, 11) is 1.72. The number of guanidine groups is 1. The maximum Gasteiger partial charge on any atom is 0.191 e. The lowest BCUT2D eigenvalue weighted by Gasteiger charge is -2.35. The molecule has 0 amide bonds. The molecule has 2 N–H and O–H groups in total. The zero-order valence-corrected chi connectivity index (χ0v) is 19.4. The Bertz CT molecular complexity index is 798. The van der Waals surface area contributed by atoms with Crippen molar-refractivity contribution in [1.82, 2.24) is 15.5 Å². The summed E-state index contributed by atoms with van der Waals surface area (Å²) in [6, 6.07) is 13.3. The van der Waals surface area contributed by atoms with E-state index < -0.39 is 0 Å². The Labute approximate surface area is 193 Å². The lowest BCUT2D eigenvalue weighted by atomic mass is 10.0. The average molecular weight is 530 g/mol. The van der Waals surface area contributed by atoms with Crippen LogP contribution in [0.1, 0.15) is 17.2 Å². The minimum atomic E-state index is -0.239. The van der Waals surface area contributed by atoms with Crippen molar-refractivity contribution < 1.29 is 13.5 Å². The van der Waals surface area contributed by atoms with Crippen LogP contribution < -0.4 is 10.6 Å². The molecule has 1 heterocycles. The van der Waals surface area contributed by atoms with Crippen molar-refractivity contribution in [2.45, 2.75) is 12.5 Å². The van der Waals surface area contributed by atoms with Gasteiger partial charge >= 0.3 is 0 Å². The summed E-state index contributed by atoms with van der Waals surface area (Å²) >= 11 is 0. The number of morpholine rings is 1. The van der Waals surface area contributed by atoms with E-state index in [2.05, 4.69) is 20.5 Å². The monoisotopic (exact) mass is 530 g/mol. The van der Waals surface area contributed by atoms with Crippen molar-refractivity contribution in [3.63, 3.8) is 0 Å². The molecule has 0 aliphatic carbocycles. The van der Waals surface area contributed by atoms with E-state index in [4.69, 9.17) is 4.74 Å². The fraction of sp³-hybridized carbons (Fsp3) is 0.409. The van der Waals surface area contributed by atoms with Gasteiger partial charge in [0.05, 0.1) is 19.3 Å². The van der Waals surface area contributed by atoms with E-state index in [0.29, 0.717) is 38.7 Å². The van der Waals surface area contributed by atoms with E-state index in [1.165, 1.54) is 18.2 Å². The highest BCUT2D eigenvalue weighted by Gasteiger charge is 2.23. The van der Waals surface area contributed by atoms with Crippen LogP contribution >= 0.6 is 24.0 Å². The standard InChI is InChI=1S/C22H28F2N4O.HI/c1-25-22(26-10-9-17-3-2-4-20(24)15-17)27-16-21(28-11-13-29-14-12-28)18-5-7-19(23)8-6-18;/h2-8,15,21H,9-14,16H2,1H3,(H2,25,26,27);1H. The van der Waals surface area contributed by atoms with Gasteiger partial charge in [-0.25, -0.2) is 8.78 Å². The minimum Gasteiger partial charge on any atom is -0.379 e. The van der Waals surface area contributed by atoms with E-state index in [9.17, 15) is 8.78 Å². The van der Waals surface area contributed by atoms with Gasteiger partial charge in [-0.1, -0.05) is 24.3 Å². The van der Waals surface area contributed by atoms with Gasteiger partial charge in [0.15, 0.2) is 5.96 Å². The molecule has 8 heteroatoms. The van der Waals surface area contributed by atoms with Crippen LogP contribution in [0, 0.1) is 11.6 Å². The first-order valence-electron chi connectivity index (χ1n) is 9.92. The van der Waals surface area contributed by atoms with Crippen LogP contribution in [0.2, 0.25) is 0 Å².